The molecule has 0 bridgehead atoms. The number of nitrogens with two attached hydrogens (primary N) is 1. The highest BCUT2D eigenvalue weighted by Crippen LogP contribution is 2.29. The summed E-state index contributed by atoms with van der Waals surface area (Å²) < 4.78 is 1.22. The molecule has 0 fully saturated rings. The number of halogens is 1. The number of hydrogen-bond donors (Lipinski definition) is 1. The fourth-order valence-electron chi connectivity index (χ4n) is 0.929. The Morgan fingerprint density at radius 3 is 2.67 bits per heavy atom. The number of rotatable bonds is 2. The molecule has 1 rings (SSSR count). The Bertz CT molecular complexity index is 276. The van der Waals surface area contributed by atoms with E-state index in [9.17, 15) is 0 Å². The lowest BCUT2D eigenvalue weighted by atomic mass is 10.3. The molecule has 0 atom stereocenters. The van der Waals surface area contributed by atoms with E-state index in [-0.39, 0.29) is 0 Å². The highest BCUT2D eigenvalue weighted by molar-refractivity contribution is 14.1. The SMILES string of the molecule is CSc1cccc(N(C)N)c1I. The van der Waals surface area contributed by atoms with Crippen LogP contribution in [-0.4, -0.2) is 13.3 Å². The van der Waals surface area contributed by atoms with Crippen molar-refractivity contribution in [3.63, 3.8) is 0 Å². The van der Waals surface area contributed by atoms with Crippen molar-refractivity contribution in [3.8, 4) is 0 Å². The predicted octanol–water partition coefficient (Wildman–Crippen LogP) is 2.32. The van der Waals surface area contributed by atoms with Gasteiger partial charge < -0.3 is 5.01 Å². The van der Waals surface area contributed by atoms with Gasteiger partial charge in [-0.05, 0) is 41.0 Å². The predicted molar refractivity (Wildman–Crippen MR) is 63.5 cm³/mol. The highest BCUT2D eigenvalue weighted by atomic mass is 127. The number of benzene rings is 1. The lowest BCUT2D eigenvalue weighted by Gasteiger charge is -2.15. The van der Waals surface area contributed by atoms with E-state index >= 15 is 0 Å². The molecule has 0 saturated carbocycles. The second-order valence-corrected chi connectivity index (χ2v) is 4.33. The van der Waals surface area contributed by atoms with Gasteiger partial charge in [-0.15, -0.1) is 11.8 Å². The molecule has 4 heteroatoms. The van der Waals surface area contributed by atoms with Gasteiger partial charge in [-0.1, -0.05) is 6.07 Å². The van der Waals surface area contributed by atoms with E-state index < -0.39 is 0 Å². The van der Waals surface area contributed by atoms with Crippen LogP contribution in [0.15, 0.2) is 23.1 Å². The molecule has 0 aliphatic carbocycles. The van der Waals surface area contributed by atoms with E-state index in [0.29, 0.717) is 0 Å². The number of hydrazine groups is 1. The molecule has 0 spiro atoms. The van der Waals surface area contributed by atoms with Crippen LogP contribution in [0.2, 0.25) is 0 Å². The van der Waals surface area contributed by atoms with Crippen molar-refractivity contribution < 1.29 is 0 Å². The van der Waals surface area contributed by atoms with Crippen molar-refractivity contribution in [3.05, 3.63) is 21.8 Å². The molecule has 12 heavy (non-hydrogen) atoms. The summed E-state index contributed by atoms with van der Waals surface area (Å²) in [6.07, 6.45) is 2.07. The fraction of sp³-hybridized carbons (Fsp3) is 0.250. The number of nitrogens with zero attached hydrogens (tertiary/aromatic N) is 1. The molecular formula is C8H11IN2S. The minimum absolute atomic E-state index is 1.07. The fourth-order valence-corrected chi connectivity index (χ4v) is 2.83. The average Bonchev–Trinajstić information content (AvgIpc) is 2.04. The van der Waals surface area contributed by atoms with E-state index in [2.05, 4.69) is 34.9 Å². The van der Waals surface area contributed by atoms with E-state index in [1.165, 1.54) is 8.47 Å². The zero-order valence-corrected chi connectivity index (χ0v) is 10.0. The van der Waals surface area contributed by atoms with Crippen molar-refractivity contribution in [2.75, 3.05) is 18.3 Å². The maximum absolute atomic E-state index is 5.66. The molecule has 0 amide bonds. The standard InChI is InChI=1S/C8H11IN2S/c1-11(10)6-4-3-5-7(12-2)8(6)9/h3-5H,10H2,1-2H3. The van der Waals surface area contributed by atoms with Crippen LogP contribution in [0.4, 0.5) is 5.69 Å². The van der Waals surface area contributed by atoms with Crippen molar-refractivity contribution in [1.82, 2.24) is 0 Å². The smallest absolute Gasteiger partial charge is 0.0658 e. The van der Waals surface area contributed by atoms with Crippen LogP contribution < -0.4 is 10.9 Å². The third-order valence-corrected chi connectivity index (χ3v) is 3.82. The minimum atomic E-state index is 1.07. The van der Waals surface area contributed by atoms with E-state index in [1.54, 1.807) is 16.8 Å². The second kappa shape index (κ2) is 4.34. The quantitative estimate of drug-likeness (QED) is 0.393. The van der Waals surface area contributed by atoms with Gasteiger partial charge in [0.2, 0.25) is 0 Å². The summed E-state index contributed by atoms with van der Waals surface area (Å²) in [7, 11) is 1.85. The maximum atomic E-state index is 5.66. The molecule has 0 unspecified atom stereocenters. The molecule has 66 valence electrons. The minimum Gasteiger partial charge on any atom is -0.313 e. The molecule has 0 aliphatic heterocycles. The second-order valence-electron chi connectivity index (χ2n) is 2.40. The Morgan fingerprint density at radius 2 is 2.17 bits per heavy atom. The van der Waals surface area contributed by atoms with Crippen LogP contribution in [-0.2, 0) is 0 Å². The molecule has 2 N–H and O–H groups in total. The van der Waals surface area contributed by atoms with Crippen LogP contribution in [0.1, 0.15) is 0 Å². The van der Waals surface area contributed by atoms with E-state index in [0.717, 1.165) is 5.69 Å². The molecule has 1 aromatic rings. The summed E-state index contributed by atoms with van der Waals surface area (Å²) in [5.74, 6) is 5.66. The Labute approximate surface area is 90.6 Å². The monoisotopic (exact) mass is 294 g/mol. The third-order valence-electron chi connectivity index (χ3n) is 1.54. The van der Waals surface area contributed by atoms with Crippen LogP contribution in [0.3, 0.4) is 0 Å². The zero-order valence-electron chi connectivity index (χ0n) is 7.04. The van der Waals surface area contributed by atoms with Gasteiger partial charge in [0.15, 0.2) is 0 Å². The largest absolute Gasteiger partial charge is 0.313 e. The Morgan fingerprint density at radius 1 is 1.50 bits per heavy atom. The normalized spacial score (nSPS) is 10.0. The number of hydrogen-bond acceptors (Lipinski definition) is 3. The topological polar surface area (TPSA) is 29.3 Å². The van der Waals surface area contributed by atoms with Crippen LogP contribution in [0, 0.1) is 3.57 Å². The van der Waals surface area contributed by atoms with Crippen molar-refractivity contribution in [2.24, 2.45) is 5.84 Å². The Balaban J connectivity index is 3.14. The van der Waals surface area contributed by atoms with Gasteiger partial charge in [-0.25, -0.2) is 5.84 Å². The summed E-state index contributed by atoms with van der Waals surface area (Å²) in [5, 5.41) is 1.64. The van der Waals surface area contributed by atoms with Gasteiger partial charge in [-0.3, -0.25) is 0 Å². The highest BCUT2D eigenvalue weighted by Gasteiger charge is 2.05. The first-order valence-corrected chi connectivity index (χ1v) is 5.78. The lowest BCUT2D eigenvalue weighted by Crippen LogP contribution is -2.25. The van der Waals surface area contributed by atoms with Crippen LogP contribution >= 0.6 is 34.4 Å². The van der Waals surface area contributed by atoms with Gasteiger partial charge >= 0.3 is 0 Å². The Kier molecular flexibility index (Phi) is 3.67. The lowest BCUT2D eigenvalue weighted by molar-refractivity contribution is 1.01. The molecule has 1 aromatic carbocycles. The molecule has 0 aromatic heterocycles. The number of anilines is 1. The van der Waals surface area contributed by atoms with Gasteiger partial charge in [0.1, 0.15) is 0 Å². The van der Waals surface area contributed by atoms with E-state index in [4.69, 9.17) is 5.84 Å². The van der Waals surface area contributed by atoms with Crippen LogP contribution in [0.25, 0.3) is 0 Å². The van der Waals surface area contributed by atoms with Gasteiger partial charge in [-0.2, -0.15) is 0 Å². The molecule has 0 radical (unpaired) electrons. The number of thioether (sulfide) groups is 1. The van der Waals surface area contributed by atoms with Gasteiger partial charge in [0, 0.05) is 11.9 Å². The van der Waals surface area contributed by atoms with Crippen molar-refractivity contribution >= 4 is 40.0 Å². The zero-order chi connectivity index (χ0) is 9.14. The molecule has 0 aliphatic rings. The molecule has 0 saturated heterocycles. The average molecular weight is 294 g/mol. The van der Waals surface area contributed by atoms with Crippen molar-refractivity contribution in [2.45, 2.75) is 4.90 Å². The van der Waals surface area contributed by atoms with Gasteiger partial charge in [0.05, 0.1) is 9.26 Å². The summed E-state index contributed by atoms with van der Waals surface area (Å²) in [6, 6.07) is 6.13. The molecular weight excluding hydrogens is 283 g/mol. The van der Waals surface area contributed by atoms with Crippen LogP contribution in [0.5, 0.6) is 0 Å². The summed E-state index contributed by atoms with van der Waals surface area (Å²) in [6.45, 7) is 0. The summed E-state index contributed by atoms with van der Waals surface area (Å²) in [5.41, 5.74) is 1.07. The first kappa shape index (κ1) is 10.1. The molecule has 0 heterocycles. The first-order valence-electron chi connectivity index (χ1n) is 3.47. The third kappa shape index (κ3) is 2.05. The maximum Gasteiger partial charge on any atom is 0.0658 e. The Hall–Kier alpha value is 0.0600. The first-order chi connectivity index (χ1) is 5.66. The summed E-state index contributed by atoms with van der Waals surface area (Å²) in [4.78, 5) is 1.27. The summed E-state index contributed by atoms with van der Waals surface area (Å²) >= 11 is 4.05. The van der Waals surface area contributed by atoms with Gasteiger partial charge in [0.25, 0.3) is 0 Å². The molecule has 2 nitrogen and oxygen atoms in total. The van der Waals surface area contributed by atoms with E-state index in [1.807, 2.05) is 19.2 Å². The van der Waals surface area contributed by atoms with Crippen molar-refractivity contribution in [1.29, 1.82) is 0 Å².